The number of nitriles is 1. The maximum atomic E-state index is 11.9. The molecule has 0 aliphatic heterocycles. The molecule has 5 nitrogen and oxygen atoms in total. The van der Waals surface area contributed by atoms with Gasteiger partial charge in [-0.2, -0.15) is 5.26 Å². The van der Waals surface area contributed by atoms with Crippen LogP contribution in [0.4, 0.5) is 5.82 Å². The topological polar surface area (TPSA) is 75.0 Å². The van der Waals surface area contributed by atoms with Gasteiger partial charge in [-0.1, -0.05) is 0 Å². The number of rotatable bonds is 5. The number of methoxy groups -OCH3 is 1. The van der Waals surface area contributed by atoms with E-state index in [-0.39, 0.29) is 11.7 Å². The van der Waals surface area contributed by atoms with Crippen LogP contribution in [0.3, 0.4) is 0 Å². The number of ether oxygens (including phenoxy) is 1. The number of aromatic nitrogens is 1. The second-order valence-electron chi connectivity index (χ2n) is 4.17. The molecule has 1 N–H and O–H groups in total. The van der Waals surface area contributed by atoms with Gasteiger partial charge >= 0.3 is 0 Å². The molecular formula is C15H12BrN3O2S. The highest BCUT2D eigenvalue weighted by Gasteiger charge is 2.07. The smallest absolute Gasteiger partial charge is 0.235 e. The molecule has 2 rings (SSSR count). The summed E-state index contributed by atoms with van der Waals surface area (Å²) in [4.78, 5) is 16.9. The van der Waals surface area contributed by atoms with Crippen molar-refractivity contribution >= 4 is 39.4 Å². The predicted octanol–water partition coefficient (Wildman–Crippen LogP) is 3.46. The van der Waals surface area contributed by atoms with E-state index in [0.29, 0.717) is 15.9 Å². The van der Waals surface area contributed by atoms with Crippen molar-refractivity contribution in [2.75, 3.05) is 18.2 Å². The molecule has 0 atom stereocenters. The van der Waals surface area contributed by atoms with Crippen LogP contribution in [0.25, 0.3) is 0 Å². The molecule has 0 unspecified atom stereocenters. The number of halogens is 1. The van der Waals surface area contributed by atoms with E-state index in [0.717, 1.165) is 10.6 Å². The van der Waals surface area contributed by atoms with Crippen molar-refractivity contribution in [3.8, 4) is 11.8 Å². The largest absolute Gasteiger partial charge is 0.497 e. The van der Waals surface area contributed by atoms with Crippen LogP contribution >= 0.6 is 27.7 Å². The van der Waals surface area contributed by atoms with Gasteiger partial charge in [-0.3, -0.25) is 4.79 Å². The minimum Gasteiger partial charge on any atom is -0.497 e. The highest BCUT2D eigenvalue weighted by Crippen LogP contribution is 2.22. The highest BCUT2D eigenvalue weighted by molar-refractivity contribution is 9.10. The monoisotopic (exact) mass is 377 g/mol. The van der Waals surface area contributed by atoms with E-state index in [9.17, 15) is 4.79 Å². The van der Waals surface area contributed by atoms with Crippen LogP contribution in [0.5, 0.6) is 5.75 Å². The molecule has 0 aliphatic carbocycles. The molecular weight excluding hydrogens is 366 g/mol. The first-order valence-electron chi connectivity index (χ1n) is 6.24. The van der Waals surface area contributed by atoms with E-state index in [1.165, 1.54) is 24.0 Å². The van der Waals surface area contributed by atoms with Gasteiger partial charge in [0.05, 0.1) is 22.9 Å². The van der Waals surface area contributed by atoms with Crippen molar-refractivity contribution in [1.82, 2.24) is 4.98 Å². The molecule has 22 heavy (non-hydrogen) atoms. The van der Waals surface area contributed by atoms with E-state index in [1.54, 1.807) is 7.11 Å². The van der Waals surface area contributed by atoms with Gasteiger partial charge in [0.2, 0.25) is 5.91 Å². The molecule has 1 aromatic heterocycles. The predicted molar refractivity (Wildman–Crippen MR) is 89.0 cm³/mol. The van der Waals surface area contributed by atoms with Crippen LogP contribution in [0.2, 0.25) is 0 Å². The number of carbonyl (C=O) groups excluding carboxylic acids is 1. The Kier molecular flexibility index (Phi) is 5.81. The lowest BCUT2D eigenvalue weighted by molar-refractivity contribution is -0.113. The van der Waals surface area contributed by atoms with Crippen LogP contribution in [0.15, 0.2) is 45.9 Å². The van der Waals surface area contributed by atoms with E-state index in [1.807, 2.05) is 30.3 Å². The van der Waals surface area contributed by atoms with Gasteiger partial charge < -0.3 is 10.1 Å². The summed E-state index contributed by atoms with van der Waals surface area (Å²) in [6, 6.07) is 11.0. The maximum Gasteiger partial charge on any atom is 0.235 e. The van der Waals surface area contributed by atoms with E-state index < -0.39 is 0 Å². The van der Waals surface area contributed by atoms with Crippen molar-refractivity contribution in [2.45, 2.75) is 4.90 Å². The summed E-state index contributed by atoms with van der Waals surface area (Å²) in [6.07, 6.45) is 1.49. The van der Waals surface area contributed by atoms with Gasteiger partial charge in [-0.25, -0.2) is 4.98 Å². The van der Waals surface area contributed by atoms with Gasteiger partial charge in [-0.05, 0) is 46.3 Å². The van der Waals surface area contributed by atoms with Crippen molar-refractivity contribution in [2.24, 2.45) is 0 Å². The SMILES string of the molecule is COc1ccc(SCC(=O)Nc2cc(C#N)c(Br)cn2)cc1. The van der Waals surface area contributed by atoms with Crippen LogP contribution in [-0.2, 0) is 4.79 Å². The van der Waals surface area contributed by atoms with Crippen LogP contribution < -0.4 is 10.1 Å². The summed E-state index contributed by atoms with van der Waals surface area (Å²) < 4.78 is 5.68. The molecule has 112 valence electrons. The Morgan fingerprint density at radius 1 is 1.45 bits per heavy atom. The van der Waals surface area contributed by atoms with Crippen molar-refractivity contribution in [3.63, 3.8) is 0 Å². The quantitative estimate of drug-likeness (QED) is 0.807. The first kappa shape index (κ1) is 16.3. The van der Waals surface area contributed by atoms with E-state index in [2.05, 4.69) is 26.2 Å². The zero-order valence-electron chi connectivity index (χ0n) is 11.7. The highest BCUT2D eigenvalue weighted by atomic mass is 79.9. The number of nitrogens with zero attached hydrogens (tertiary/aromatic N) is 2. The molecule has 0 radical (unpaired) electrons. The average molecular weight is 378 g/mol. The summed E-state index contributed by atoms with van der Waals surface area (Å²) in [5.74, 6) is 1.21. The van der Waals surface area contributed by atoms with Gasteiger partial charge in [-0.15, -0.1) is 11.8 Å². The van der Waals surface area contributed by atoms with Crippen molar-refractivity contribution in [1.29, 1.82) is 5.26 Å². The molecule has 2 aromatic rings. The van der Waals surface area contributed by atoms with Crippen molar-refractivity contribution in [3.05, 3.63) is 46.6 Å². The lowest BCUT2D eigenvalue weighted by atomic mass is 10.3. The average Bonchev–Trinajstić information content (AvgIpc) is 2.55. The summed E-state index contributed by atoms with van der Waals surface area (Å²) in [5, 5.41) is 11.6. The maximum absolute atomic E-state index is 11.9. The van der Waals surface area contributed by atoms with E-state index >= 15 is 0 Å². The number of thioether (sulfide) groups is 1. The number of nitrogens with one attached hydrogen (secondary N) is 1. The number of anilines is 1. The zero-order chi connectivity index (χ0) is 15.9. The fraction of sp³-hybridized carbons (Fsp3) is 0.133. The number of benzene rings is 1. The fourth-order valence-electron chi connectivity index (χ4n) is 1.59. The molecule has 1 amide bonds. The van der Waals surface area contributed by atoms with Crippen LogP contribution in [-0.4, -0.2) is 23.8 Å². The second-order valence-corrected chi connectivity index (χ2v) is 6.08. The molecule has 0 spiro atoms. The molecule has 0 fully saturated rings. The van der Waals surface area contributed by atoms with Gasteiger partial charge in [0.15, 0.2) is 0 Å². The Balaban J connectivity index is 1.91. The Hall–Kier alpha value is -2.04. The molecule has 1 aromatic carbocycles. The number of carbonyl (C=O) groups is 1. The number of pyridine rings is 1. The minimum absolute atomic E-state index is 0.181. The first-order valence-corrected chi connectivity index (χ1v) is 8.02. The normalized spacial score (nSPS) is 9.86. The minimum atomic E-state index is -0.181. The third-order valence-corrected chi connectivity index (χ3v) is 4.32. The summed E-state index contributed by atoms with van der Waals surface area (Å²) in [5.41, 5.74) is 0.424. The van der Waals surface area contributed by atoms with Crippen LogP contribution in [0.1, 0.15) is 5.56 Å². The number of hydrogen-bond donors (Lipinski definition) is 1. The molecule has 7 heteroatoms. The zero-order valence-corrected chi connectivity index (χ0v) is 14.1. The molecule has 1 heterocycles. The van der Waals surface area contributed by atoms with Gasteiger partial charge in [0.25, 0.3) is 0 Å². The first-order chi connectivity index (χ1) is 10.6. The van der Waals surface area contributed by atoms with Gasteiger partial charge in [0.1, 0.15) is 17.6 Å². The third kappa shape index (κ3) is 4.48. The Morgan fingerprint density at radius 2 is 2.18 bits per heavy atom. The summed E-state index contributed by atoms with van der Waals surface area (Å²) in [6.45, 7) is 0. The number of amides is 1. The second kappa shape index (κ2) is 7.82. The lowest BCUT2D eigenvalue weighted by Crippen LogP contribution is -2.15. The molecule has 0 saturated heterocycles. The third-order valence-electron chi connectivity index (χ3n) is 2.67. The Morgan fingerprint density at radius 3 is 2.82 bits per heavy atom. The summed E-state index contributed by atoms with van der Waals surface area (Å²) in [7, 11) is 1.61. The molecule has 0 bridgehead atoms. The van der Waals surface area contributed by atoms with E-state index in [4.69, 9.17) is 10.00 Å². The standard InChI is InChI=1S/C15H12BrN3O2S/c1-21-11-2-4-12(5-3-11)22-9-15(20)19-14-6-10(7-17)13(16)8-18-14/h2-6,8H,9H2,1H3,(H,18,19,20). The molecule has 0 saturated carbocycles. The van der Waals surface area contributed by atoms with Crippen molar-refractivity contribution < 1.29 is 9.53 Å². The van der Waals surface area contributed by atoms with Gasteiger partial charge in [0, 0.05) is 11.1 Å². The molecule has 0 aliphatic rings. The fourth-order valence-corrected chi connectivity index (χ4v) is 2.60. The van der Waals surface area contributed by atoms with Crippen LogP contribution in [0, 0.1) is 11.3 Å². The Bertz CT molecular complexity index is 714. The Labute approximate surface area is 140 Å². The summed E-state index contributed by atoms with van der Waals surface area (Å²) >= 11 is 4.63. The lowest BCUT2D eigenvalue weighted by Gasteiger charge is -2.06. The number of hydrogen-bond acceptors (Lipinski definition) is 5.